The number of nitrogens with one attached hydrogen (secondary N) is 2. The number of hydrogen-bond donors (Lipinski definition) is 2. The van der Waals surface area contributed by atoms with Crippen molar-refractivity contribution in [3.05, 3.63) is 41.1 Å². The first-order chi connectivity index (χ1) is 13.4. The summed E-state index contributed by atoms with van der Waals surface area (Å²) in [6.45, 7) is 9.08. The molecule has 0 bridgehead atoms. The minimum atomic E-state index is 0.315. The first-order valence-electron chi connectivity index (χ1n) is 9.70. The number of aromatic nitrogens is 2. The van der Waals surface area contributed by atoms with Gasteiger partial charge in [-0.25, -0.2) is 4.98 Å². The quantitative estimate of drug-likeness (QED) is 0.389. The van der Waals surface area contributed by atoms with Crippen LogP contribution >= 0.6 is 11.3 Å². The molecule has 0 radical (unpaired) electrons. The van der Waals surface area contributed by atoms with Crippen molar-refractivity contribution in [2.75, 3.05) is 45.9 Å². The van der Waals surface area contributed by atoms with Crippen LogP contribution in [0.3, 0.4) is 0 Å². The van der Waals surface area contributed by atoms with Crippen molar-refractivity contribution in [2.45, 2.75) is 25.9 Å². The molecule has 0 aliphatic carbocycles. The van der Waals surface area contributed by atoms with E-state index in [0.717, 1.165) is 64.9 Å². The summed E-state index contributed by atoms with van der Waals surface area (Å²) in [5.74, 6) is 0.887. The van der Waals surface area contributed by atoms with Crippen LogP contribution in [0.4, 0.5) is 0 Å². The van der Waals surface area contributed by atoms with Gasteiger partial charge in [-0.05, 0) is 24.8 Å². The molecule has 0 spiro atoms. The van der Waals surface area contributed by atoms with Crippen LogP contribution in [-0.2, 0) is 11.3 Å². The summed E-state index contributed by atoms with van der Waals surface area (Å²) in [5, 5.41) is 8.96. The molecule has 27 heavy (non-hydrogen) atoms. The Morgan fingerprint density at radius 3 is 2.96 bits per heavy atom. The highest BCUT2D eigenvalue weighted by Crippen LogP contribution is 2.26. The summed E-state index contributed by atoms with van der Waals surface area (Å²) in [5.41, 5.74) is 0. The minimum Gasteiger partial charge on any atom is -0.379 e. The normalized spacial score (nSPS) is 17.0. The van der Waals surface area contributed by atoms with E-state index in [9.17, 15) is 0 Å². The van der Waals surface area contributed by atoms with Gasteiger partial charge < -0.3 is 19.9 Å². The number of hydrogen-bond acceptors (Lipinski definition) is 5. The molecule has 1 unspecified atom stereocenters. The zero-order chi connectivity index (χ0) is 18.7. The number of imidazole rings is 1. The van der Waals surface area contributed by atoms with Gasteiger partial charge in [0.25, 0.3) is 0 Å². The van der Waals surface area contributed by atoms with E-state index in [1.165, 1.54) is 4.88 Å². The van der Waals surface area contributed by atoms with Crippen LogP contribution in [0.5, 0.6) is 0 Å². The van der Waals surface area contributed by atoms with Gasteiger partial charge in [0.05, 0.1) is 32.1 Å². The molecule has 8 heteroatoms. The van der Waals surface area contributed by atoms with Crippen molar-refractivity contribution in [1.82, 2.24) is 25.1 Å². The fourth-order valence-electron chi connectivity index (χ4n) is 3.16. The Labute approximate surface area is 165 Å². The molecule has 0 amide bonds. The van der Waals surface area contributed by atoms with E-state index in [0.29, 0.717) is 6.04 Å². The van der Waals surface area contributed by atoms with E-state index in [2.05, 4.69) is 49.5 Å². The summed E-state index contributed by atoms with van der Waals surface area (Å²) in [6.07, 6.45) is 6.69. The molecule has 7 nitrogen and oxygen atoms in total. The van der Waals surface area contributed by atoms with Gasteiger partial charge in [-0.2, -0.15) is 0 Å². The van der Waals surface area contributed by atoms with E-state index in [-0.39, 0.29) is 0 Å². The van der Waals surface area contributed by atoms with Gasteiger partial charge in [0.15, 0.2) is 5.96 Å². The molecule has 3 heterocycles. The number of aryl methyl sites for hydroxylation is 1. The number of thiophene rings is 1. The second-order valence-corrected chi connectivity index (χ2v) is 7.46. The molecule has 0 aromatic carbocycles. The third kappa shape index (κ3) is 6.34. The van der Waals surface area contributed by atoms with Crippen molar-refractivity contribution in [2.24, 2.45) is 4.99 Å². The fourth-order valence-corrected chi connectivity index (χ4v) is 4.01. The highest BCUT2D eigenvalue weighted by molar-refractivity contribution is 7.10. The summed E-state index contributed by atoms with van der Waals surface area (Å²) in [6, 6.07) is 4.65. The van der Waals surface area contributed by atoms with Gasteiger partial charge in [0.2, 0.25) is 0 Å². The molecule has 2 aromatic heterocycles. The van der Waals surface area contributed by atoms with Crippen molar-refractivity contribution in [1.29, 1.82) is 0 Å². The molecule has 2 N–H and O–H groups in total. The van der Waals surface area contributed by atoms with Crippen molar-refractivity contribution in [3.8, 4) is 0 Å². The Morgan fingerprint density at radius 2 is 2.26 bits per heavy atom. The van der Waals surface area contributed by atoms with Crippen LogP contribution < -0.4 is 10.6 Å². The Hall–Kier alpha value is -1.90. The summed E-state index contributed by atoms with van der Waals surface area (Å²) >= 11 is 1.81. The van der Waals surface area contributed by atoms with E-state index >= 15 is 0 Å². The molecule has 1 atom stereocenters. The van der Waals surface area contributed by atoms with Crippen molar-refractivity contribution >= 4 is 17.3 Å². The van der Waals surface area contributed by atoms with Crippen LogP contribution in [-0.4, -0.2) is 66.3 Å². The van der Waals surface area contributed by atoms with Crippen molar-refractivity contribution < 1.29 is 4.74 Å². The maximum Gasteiger partial charge on any atom is 0.191 e. The number of morpholine rings is 1. The Morgan fingerprint density at radius 1 is 1.37 bits per heavy atom. The monoisotopic (exact) mass is 390 g/mol. The molecule has 148 valence electrons. The largest absolute Gasteiger partial charge is 0.379 e. The lowest BCUT2D eigenvalue weighted by Crippen LogP contribution is -2.41. The van der Waals surface area contributed by atoms with Gasteiger partial charge in [-0.1, -0.05) is 6.07 Å². The lowest BCUT2D eigenvalue weighted by molar-refractivity contribution is 0.0186. The first-order valence-corrected chi connectivity index (χ1v) is 10.6. The number of aliphatic imine (C=N–C) groups is 1. The zero-order valence-electron chi connectivity index (χ0n) is 16.0. The average molecular weight is 391 g/mol. The molecule has 0 saturated carbocycles. The molecule has 1 fully saturated rings. The van der Waals surface area contributed by atoms with E-state index in [1.54, 1.807) is 0 Å². The van der Waals surface area contributed by atoms with Crippen LogP contribution in [0.25, 0.3) is 0 Å². The fraction of sp³-hybridized carbons (Fsp3) is 0.579. The lowest BCUT2D eigenvalue weighted by atomic mass is 10.2. The molecule has 3 rings (SSSR count). The Kier molecular flexibility index (Phi) is 8.13. The third-order valence-electron chi connectivity index (χ3n) is 4.57. The maximum absolute atomic E-state index is 5.52. The number of rotatable bonds is 9. The Bertz CT molecular complexity index is 652. The number of nitrogens with zero attached hydrogens (tertiary/aromatic N) is 4. The first kappa shape index (κ1) is 19.9. The maximum atomic E-state index is 5.52. The smallest absolute Gasteiger partial charge is 0.191 e. The van der Waals surface area contributed by atoms with Gasteiger partial charge in [0.1, 0.15) is 0 Å². The van der Waals surface area contributed by atoms with Crippen LogP contribution in [0.2, 0.25) is 0 Å². The van der Waals surface area contributed by atoms with Crippen LogP contribution in [0.1, 0.15) is 24.3 Å². The number of ether oxygens (including phenoxy) is 1. The van der Waals surface area contributed by atoms with Gasteiger partial charge in [-0.15, -0.1) is 11.3 Å². The third-order valence-corrected chi connectivity index (χ3v) is 5.54. The summed E-state index contributed by atoms with van der Waals surface area (Å²) in [4.78, 5) is 12.8. The highest BCUT2D eigenvalue weighted by atomic mass is 32.1. The molecule has 1 aliphatic heterocycles. The Balaban J connectivity index is 1.55. The van der Waals surface area contributed by atoms with Crippen LogP contribution in [0, 0.1) is 0 Å². The summed E-state index contributed by atoms with van der Waals surface area (Å²) < 4.78 is 7.62. The lowest BCUT2D eigenvalue weighted by Gasteiger charge is -2.33. The average Bonchev–Trinajstić information content (AvgIpc) is 3.40. The van der Waals surface area contributed by atoms with E-state index < -0.39 is 0 Å². The van der Waals surface area contributed by atoms with Gasteiger partial charge in [-0.3, -0.25) is 9.89 Å². The van der Waals surface area contributed by atoms with E-state index in [4.69, 9.17) is 9.73 Å². The van der Waals surface area contributed by atoms with Crippen LogP contribution in [0.15, 0.2) is 41.2 Å². The predicted molar refractivity (Wildman–Crippen MR) is 110 cm³/mol. The topological polar surface area (TPSA) is 66.7 Å². The standard InChI is InChI=1S/C19H30N6OS/c1-2-21-19(22-6-4-8-24-9-7-20-16-24)23-15-17(18-5-3-14-27-18)25-10-12-26-13-11-25/h3,5,7,9,14,16-17H,2,4,6,8,10-13,15H2,1H3,(H2,21,22,23). The predicted octanol–water partition coefficient (Wildman–Crippen LogP) is 1.96. The van der Waals surface area contributed by atoms with Gasteiger partial charge in [0, 0.05) is 50.0 Å². The summed E-state index contributed by atoms with van der Waals surface area (Å²) in [7, 11) is 0. The second-order valence-electron chi connectivity index (χ2n) is 6.48. The number of guanidine groups is 1. The molecular weight excluding hydrogens is 360 g/mol. The molecule has 1 aliphatic rings. The SMILES string of the molecule is CCNC(=NCC(c1cccs1)N1CCOCC1)NCCCn1ccnc1. The van der Waals surface area contributed by atoms with Crippen molar-refractivity contribution in [3.63, 3.8) is 0 Å². The molecule has 1 saturated heterocycles. The highest BCUT2D eigenvalue weighted by Gasteiger charge is 2.23. The van der Waals surface area contributed by atoms with E-state index in [1.807, 2.05) is 30.1 Å². The molecule has 2 aromatic rings. The minimum absolute atomic E-state index is 0.315. The second kappa shape index (κ2) is 11.1. The van der Waals surface area contributed by atoms with Gasteiger partial charge >= 0.3 is 0 Å². The molecular formula is C19H30N6OS. The zero-order valence-corrected chi connectivity index (χ0v) is 16.8.